The van der Waals surface area contributed by atoms with Crippen LogP contribution in [0.15, 0.2) is 24.3 Å². The van der Waals surface area contributed by atoms with Crippen LogP contribution in [0.5, 0.6) is 0 Å². The number of likely N-dealkylation sites (N-methyl/N-ethyl adjacent to an activating group) is 1. The van der Waals surface area contributed by atoms with Crippen molar-refractivity contribution < 1.29 is 24.2 Å². The molecule has 6 heteroatoms. The van der Waals surface area contributed by atoms with Gasteiger partial charge in [0.05, 0.1) is 30.2 Å². The molecular formula is C24H33N2O4+. The van der Waals surface area contributed by atoms with E-state index >= 15 is 0 Å². The highest BCUT2D eigenvalue weighted by atomic mass is 16.5. The first-order valence-corrected chi connectivity index (χ1v) is 11.6. The molecule has 5 bridgehead atoms. The van der Waals surface area contributed by atoms with E-state index in [0.29, 0.717) is 17.0 Å². The topological polar surface area (TPSA) is 70.0 Å². The molecule has 1 aromatic rings. The van der Waals surface area contributed by atoms with Gasteiger partial charge in [-0.25, -0.2) is 4.79 Å². The van der Waals surface area contributed by atoms with Crippen LogP contribution < -0.4 is 4.90 Å². The number of aliphatic hydroxyl groups excluding tert-OH is 2. The summed E-state index contributed by atoms with van der Waals surface area (Å²) in [4.78, 5) is 15.2. The van der Waals surface area contributed by atoms with Gasteiger partial charge in [0.1, 0.15) is 6.04 Å². The van der Waals surface area contributed by atoms with Gasteiger partial charge in [-0.2, -0.15) is 0 Å². The van der Waals surface area contributed by atoms with Crippen LogP contribution in [0.1, 0.15) is 38.7 Å². The average Bonchev–Trinajstić information content (AvgIpc) is 3.11. The highest BCUT2D eigenvalue weighted by Crippen LogP contribution is 2.71. The second-order valence-electron chi connectivity index (χ2n) is 10.3. The molecule has 5 heterocycles. The maximum atomic E-state index is 12.8. The summed E-state index contributed by atoms with van der Waals surface area (Å²) >= 11 is 0. The molecular weight excluding hydrogens is 380 g/mol. The number of quaternary nitrogens is 1. The minimum Gasteiger partial charge on any atom is -0.462 e. The molecule has 162 valence electrons. The lowest BCUT2D eigenvalue weighted by atomic mass is 9.60. The number of ether oxygens (including phenoxy) is 1. The molecule has 0 amide bonds. The molecule has 2 N–H and O–H groups in total. The van der Waals surface area contributed by atoms with Gasteiger partial charge in [-0.1, -0.05) is 25.1 Å². The molecule has 1 spiro atoms. The van der Waals surface area contributed by atoms with E-state index < -0.39 is 12.3 Å². The van der Waals surface area contributed by atoms with Crippen LogP contribution in [-0.4, -0.2) is 71.3 Å². The van der Waals surface area contributed by atoms with Gasteiger partial charge in [0, 0.05) is 37.4 Å². The first-order chi connectivity index (χ1) is 14.4. The monoisotopic (exact) mass is 413 g/mol. The predicted molar refractivity (Wildman–Crippen MR) is 112 cm³/mol. The van der Waals surface area contributed by atoms with Crippen molar-refractivity contribution >= 4 is 11.7 Å². The number of fused-ring (bicyclic) bond motifs is 2. The van der Waals surface area contributed by atoms with Gasteiger partial charge in [0.15, 0.2) is 12.8 Å². The van der Waals surface area contributed by atoms with Crippen molar-refractivity contribution in [3.05, 3.63) is 29.8 Å². The average molecular weight is 414 g/mol. The van der Waals surface area contributed by atoms with Crippen molar-refractivity contribution in [2.75, 3.05) is 25.1 Å². The van der Waals surface area contributed by atoms with Crippen LogP contribution in [0.4, 0.5) is 5.69 Å². The Kier molecular flexibility index (Phi) is 3.81. The molecule has 1 aliphatic carbocycles. The highest BCUT2D eigenvalue weighted by molar-refractivity contribution is 5.71. The number of piperidine rings is 4. The van der Waals surface area contributed by atoms with Crippen molar-refractivity contribution in [1.29, 1.82) is 0 Å². The summed E-state index contributed by atoms with van der Waals surface area (Å²) in [6, 6.07) is 8.84. The molecule has 1 unspecified atom stereocenters. The molecule has 7 rings (SSSR count). The van der Waals surface area contributed by atoms with Gasteiger partial charge >= 0.3 is 5.97 Å². The number of anilines is 1. The number of nitrogens with zero attached hydrogens (tertiary/aromatic N) is 2. The molecule has 6 nitrogen and oxygen atoms in total. The Morgan fingerprint density at radius 2 is 2.03 bits per heavy atom. The Morgan fingerprint density at radius 3 is 2.77 bits per heavy atom. The van der Waals surface area contributed by atoms with Gasteiger partial charge < -0.3 is 19.8 Å². The first-order valence-electron chi connectivity index (χ1n) is 11.6. The number of esters is 1. The normalized spacial score (nSPS) is 49.3. The lowest BCUT2D eigenvalue weighted by Gasteiger charge is -2.67. The van der Waals surface area contributed by atoms with Gasteiger partial charge in [-0.3, -0.25) is 4.48 Å². The summed E-state index contributed by atoms with van der Waals surface area (Å²) in [5.74, 6) is 0.361. The van der Waals surface area contributed by atoms with Crippen LogP contribution in [0, 0.1) is 17.8 Å². The summed E-state index contributed by atoms with van der Waals surface area (Å²) in [6.07, 6.45) is 1.69. The Balaban J connectivity index is 1.57. The van der Waals surface area contributed by atoms with Gasteiger partial charge in [0.25, 0.3) is 0 Å². The van der Waals surface area contributed by atoms with E-state index in [1.807, 2.05) is 6.92 Å². The van der Waals surface area contributed by atoms with Gasteiger partial charge in [-0.15, -0.1) is 0 Å². The number of carbonyl (C=O) groups excluding carboxylic acids is 1. The Hall–Kier alpha value is -1.63. The highest BCUT2D eigenvalue weighted by Gasteiger charge is 2.83. The number of para-hydroxylation sites is 1. The SMILES string of the molecule is CCOC(=O)C[N+]12[C@H](O)[C@@H](CC)[C@@H]3C[C@H]1[C@@H]1N(C)c4ccccc4[C@]14C[C@H]2[C@@H]3[C@@H]4O. The quantitative estimate of drug-likeness (QED) is 0.580. The zero-order chi connectivity index (χ0) is 21.0. The van der Waals surface area contributed by atoms with Gasteiger partial charge in [0.2, 0.25) is 0 Å². The van der Waals surface area contributed by atoms with E-state index in [1.165, 1.54) is 11.3 Å². The third-order valence-electron chi connectivity index (χ3n) is 9.83. The van der Waals surface area contributed by atoms with E-state index in [-0.39, 0.29) is 47.9 Å². The second-order valence-corrected chi connectivity index (χ2v) is 10.3. The van der Waals surface area contributed by atoms with Crippen molar-refractivity contribution in [1.82, 2.24) is 0 Å². The standard InChI is InChI=1S/C24H33N2O4/c1-4-13-14-10-17-21-24(15-8-6-7-9-16(15)25(21)3)11-18(20(14)22(24)28)26(17,23(13)29)12-19(27)30-5-2/h6-9,13-14,17-18,20-23,28-29H,4-5,10-12H2,1-3H3/q+1/t13-,14-,17-,18-,20+,21-,22-,23+,24+,26?/m0/s1. The molecule has 0 aromatic heterocycles. The van der Waals surface area contributed by atoms with Crippen LogP contribution in [0.25, 0.3) is 0 Å². The Labute approximate surface area is 178 Å². The smallest absolute Gasteiger partial charge is 0.361 e. The molecule has 1 saturated carbocycles. The predicted octanol–water partition coefficient (Wildman–Crippen LogP) is 1.63. The van der Waals surface area contributed by atoms with Crippen LogP contribution in [-0.2, 0) is 14.9 Å². The summed E-state index contributed by atoms with van der Waals surface area (Å²) in [7, 11) is 2.14. The van der Waals surface area contributed by atoms with Crippen LogP contribution >= 0.6 is 0 Å². The van der Waals surface area contributed by atoms with E-state index in [4.69, 9.17) is 4.74 Å². The van der Waals surface area contributed by atoms with Crippen molar-refractivity contribution in [2.45, 2.75) is 69.0 Å². The molecule has 0 radical (unpaired) electrons. The van der Waals surface area contributed by atoms with E-state index in [0.717, 1.165) is 19.3 Å². The van der Waals surface area contributed by atoms with E-state index in [9.17, 15) is 15.0 Å². The summed E-state index contributed by atoms with van der Waals surface area (Å²) < 4.78 is 5.81. The Morgan fingerprint density at radius 1 is 1.27 bits per heavy atom. The van der Waals surface area contributed by atoms with E-state index in [2.05, 4.69) is 43.1 Å². The molecule has 1 aromatic carbocycles. The van der Waals surface area contributed by atoms with Gasteiger partial charge in [-0.05, 0) is 30.9 Å². The maximum absolute atomic E-state index is 12.8. The molecule has 6 aliphatic rings. The van der Waals surface area contributed by atoms with E-state index in [1.54, 1.807) is 0 Å². The minimum atomic E-state index is -0.565. The number of benzene rings is 1. The molecule has 10 atom stereocenters. The fourth-order valence-corrected chi connectivity index (χ4v) is 9.13. The van der Waals surface area contributed by atoms with Crippen molar-refractivity contribution in [2.24, 2.45) is 17.8 Å². The fraction of sp³-hybridized carbons (Fsp3) is 0.708. The zero-order valence-electron chi connectivity index (χ0n) is 18.1. The number of hydrogen-bond donors (Lipinski definition) is 2. The first kappa shape index (κ1) is 19.1. The van der Waals surface area contributed by atoms with Crippen LogP contribution in [0.2, 0.25) is 0 Å². The van der Waals surface area contributed by atoms with Crippen molar-refractivity contribution in [3.8, 4) is 0 Å². The summed E-state index contributed by atoms with van der Waals surface area (Å²) in [5.41, 5.74) is 2.17. The molecule has 5 fully saturated rings. The third kappa shape index (κ3) is 1.83. The summed E-state index contributed by atoms with van der Waals surface area (Å²) in [5, 5.41) is 23.7. The molecule has 4 saturated heterocycles. The minimum absolute atomic E-state index is 0.0954. The van der Waals surface area contributed by atoms with Crippen molar-refractivity contribution in [3.63, 3.8) is 0 Å². The molecule has 5 aliphatic heterocycles. The lowest BCUT2D eigenvalue weighted by molar-refractivity contribution is -1.03. The summed E-state index contributed by atoms with van der Waals surface area (Å²) in [6.45, 7) is 4.55. The maximum Gasteiger partial charge on any atom is 0.361 e. The fourth-order valence-electron chi connectivity index (χ4n) is 9.13. The van der Waals surface area contributed by atoms with Crippen LogP contribution in [0.3, 0.4) is 0 Å². The third-order valence-corrected chi connectivity index (χ3v) is 9.83. The number of carbonyl (C=O) groups is 1. The number of aliphatic hydroxyl groups is 2. The Bertz CT molecular complexity index is 907. The molecule has 30 heavy (non-hydrogen) atoms. The second kappa shape index (κ2) is 5.99. The number of rotatable bonds is 4. The lowest BCUT2D eigenvalue weighted by Crippen LogP contribution is -2.83. The zero-order valence-corrected chi connectivity index (χ0v) is 18.1. The largest absolute Gasteiger partial charge is 0.462 e. The number of hydrogen-bond acceptors (Lipinski definition) is 5.